The quantitative estimate of drug-likeness (QED) is 0.810. The van der Waals surface area contributed by atoms with Crippen molar-refractivity contribution in [2.45, 2.75) is 20.5 Å². The summed E-state index contributed by atoms with van der Waals surface area (Å²) in [6, 6.07) is 9.26. The molecule has 0 aliphatic rings. The molecule has 0 bridgehead atoms. The molecule has 0 fully saturated rings. The minimum atomic E-state index is 0.340. The Hall–Kier alpha value is -2.28. The van der Waals surface area contributed by atoms with Crippen molar-refractivity contribution in [2.24, 2.45) is 0 Å². The zero-order valence-electron chi connectivity index (χ0n) is 9.73. The molecule has 0 unspecified atom stereocenters. The van der Waals surface area contributed by atoms with Crippen LogP contribution in [0.5, 0.6) is 5.75 Å². The second-order valence-corrected chi connectivity index (χ2v) is 3.81. The van der Waals surface area contributed by atoms with Gasteiger partial charge in [0.15, 0.2) is 0 Å². The molecular weight excluding hydrogens is 216 g/mol. The highest BCUT2D eigenvalue weighted by Crippen LogP contribution is 2.20. The number of nitriles is 1. The van der Waals surface area contributed by atoms with Gasteiger partial charge in [-0.15, -0.1) is 0 Å². The largest absolute Gasteiger partial charge is 0.487 e. The van der Waals surface area contributed by atoms with Crippen molar-refractivity contribution >= 4 is 0 Å². The van der Waals surface area contributed by atoms with Gasteiger partial charge in [0.2, 0.25) is 0 Å². The number of aromatic nitrogens is 1. The molecule has 86 valence electrons. The molecule has 0 amide bonds. The molecule has 0 saturated carbocycles. The molecule has 2 rings (SSSR count). The summed E-state index contributed by atoms with van der Waals surface area (Å²) in [6.07, 6.45) is 0. The maximum absolute atomic E-state index is 8.81. The molecule has 0 aliphatic carbocycles. The number of benzene rings is 1. The molecule has 0 saturated heterocycles. The Morgan fingerprint density at radius 1 is 1.35 bits per heavy atom. The second-order valence-electron chi connectivity index (χ2n) is 3.81. The molecule has 1 aromatic carbocycles. The van der Waals surface area contributed by atoms with E-state index in [9.17, 15) is 0 Å². The van der Waals surface area contributed by atoms with Crippen LogP contribution in [0.1, 0.15) is 22.6 Å². The number of ether oxygens (including phenoxy) is 1. The van der Waals surface area contributed by atoms with Gasteiger partial charge in [0, 0.05) is 6.07 Å². The molecule has 0 aliphatic heterocycles. The number of rotatable bonds is 3. The van der Waals surface area contributed by atoms with Gasteiger partial charge in [0.1, 0.15) is 23.8 Å². The van der Waals surface area contributed by atoms with Gasteiger partial charge < -0.3 is 9.26 Å². The highest BCUT2D eigenvalue weighted by molar-refractivity contribution is 5.41. The fraction of sp³-hybridized carbons (Fsp3) is 0.231. The van der Waals surface area contributed by atoms with Gasteiger partial charge >= 0.3 is 0 Å². The number of aryl methyl sites for hydroxylation is 2. The average Bonchev–Trinajstić information content (AvgIpc) is 2.74. The van der Waals surface area contributed by atoms with Crippen LogP contribution in [0.25, 0.3) is 0 Å². The first-order chi connectivity index (χ1) is 8.19. The lowest BCUT2D eigenvalue weighted by Gasteiger charge is -2.07. The van der Waals surface area contributed by atoms with E-state index in [0.717, 1.165) is 17.0 Å². The molecule has 17 heavy (non-hydrogen) atoms. The van der Waals surface area contributed by atoms with Gasteiger partial charge in [-0.2, -0.15) is 5.26 Å². The third kappa shape index (κ3) is 2.64. The molecule has 1 heterocycles. The Morgan fingerprint density at radius 2 is 2.18 bits per heavy atom. The summed E-state index contributed by atoms with van der Waals surface area (Å²) in [6.45, 7) is 4.11. The van der Waals surface area contributed by atoms with Gasteiger partial charge in [-0.1, -0.05) is 11.2 Å². The first-order valence-corrected chi connectivity index (χ1v) is 5.25. The van der Waals surface area contributed by atoms with Crippen molar-refractivity contribution in [1.82, 2.24) is 5.16 Å². The normalized spacial score (nSPS) is 9.94. The topological polar surface area (TPSA) is 59.0 Å². The lowest BCUT2D eigenvalue weighted by molar-refractivity contribution is 0.286. The summed E-state index contributed by atoms with van der Waals surface area (Å²) < 4.78 is 10.6. The average molecular weight is 228 g/mol. The Kier molecular flexibility index (Phi) is 3.10. The number of hydrogen-bond acceptors (Lipinski definition) is 4. The van der Waals surface area contributed by atoms with Gasteiger partial charge in [-0.25, -0.2) is 0 Å². The van der Waals surface area contributed by atoms with E-state index in [4.69, 9.17) is 14.5 Å². The summed E-state index contributed by atoms with van der Waals surface area (Å²) in [5.41, 5.74) is 2.32. The fourth-order valence-corrected chi connectivity index (χ4v) is 1.46. The minimum absolute atomic E-state index is 0.340. The van der Waals surface area contributed by atoms with Crippen LogP contribution in [0.3, 0.4) is 0 Å². The van der Waals surface area contributed by atoms with Crippen molar-refractivity contribution in [3.63, 3.8) is 0 Å². The Bertz CT molecular complexity index is 567. The molecule has 1 aromatic heterocycles. The second kappa shape index (κ2) is 4.71. The van der Waals surface area contributed by atoms with Crippen LogP contribution in [-0.4, -0.2) is 5.16 Å². The van der Waals surface area contributed by atoms with Crippen molar-refractivity contribution in [2.75, 3.05) is 0 Å². The maximum atomic E-state index is 8.81. The van der Waals surface area contributed by atoms with E-state index >= 15 is 0 Å². The summed E-state index contributed by atoms with van der Waals surface area (Å²) in [5, 5.41) is 12.6. The van der Waals surface area contributed by atoms with E-state index in [0.29, 0.717) is 17.9 Å². The zero-order chi connectivity index (χ0) is 12.3. The lowest BCUT2D eigenvalue weighted by atomic mass is 10.1. The van der Waals surface area contributed by atoms with Crippen LogP contribution in [0.4, 0.5) is 0 Å². The van der Waals surface area contributed by atoms with E-state index in [2.05, 4.69) is 11.2 Å². The van der Waals surface area contributed by atoms with Gasteiger partial charge in [-0.05, 0) is 31.5 Å². The summed E-state index contributed by atoms with van der Waals surface area (Å²) in [5.74, 6) is 1.45. The maximum Gasteiger partial charge on any atom is 0.134 e. The minimum Gasteiger partial charge on any atom is -0.487 e. The molecule has 4 nitrogen and oxygen atoms in total. The van der Waals surface area contributed by atoms with Gasteiger partial charge in [0.25, 0.3) is 0 Å². The van der Waals surface area contributed by atoms with Crippen molar-refractivity contribution < 1.29 is 9.26 Å². The molecule has 2 aromatic rings. The fourth-order valence-electron chi connectivity index (χ4n) is 1.46. The van der Waals surface area contributed by atoms with E-state index in [1.807, 2.05) is 26.0 Å². The number of nitrogens with zero attached hydrogens (tertiary/aromatic N) is 2. The molecule has 0 N–H and O–H groups in total. The Balaban J connectivity index is 2.11. The highest BCUT2D eigenvalue weighted by atomic mass is 16.5. The van der Waals surface area contributed by atoms with E-state index in [1.165, 1.54) is 0 Å². The van der Waals surface area contributed by atoms with Crippen LogP contribution in [-0.2, 0) is 6.61 Å². The van der Waals surface area contributed by atoms with E-state index in [-0.39, 0.29) is 0 Å². The van der Waals surface area contributed by atoms with Gasteiger partial charge in [0.05, 0.1) is 11.6 Å². The summed E-state index contributed by atoms with van der Waals surface area (Å²) in [7, 11) is 0. The third-order valence-corrected chi connectivity index (χ3v) is 2.37. The molecule has 0 atom stereocenters. The van der Waals surface area contributed by atoms with Crippen molar-refractivity contribution in [1.29, 1.82) is 5.26 Å². The van der Waals surface area contributed by atoms with Gasteiger partial charge in [-0.3, -0.25) is 0 Å². The summed E-state index contributed by atoms with van der Waals surface area (Å²) in [4.78, 5) is 0. The standard InChI is InChI=1S/C13H12N2O2/c1-9-3-4-11(7-14)6-13(9)16-8-12-5-10(2)17-15-12/h3-6H,8H2,1-2H3. The monoisotopic (exact) mass is 228 g/mol. The van der Waals surface area contributed by atoms with Crippen LogP contribution < -0.4 is 4.74 Å². The van der Waals surface area contributed by atoms with Crippen LogP contribution in [0.2, 0.25) is 0 Å². The summed E-state index contributed by atoms with van der Waals surface area (Å²) >= 11 is 0. The first-order valence-electron chi connectivity index (χ1n) is 5.25. The smallest absolute Gasteiger partial charge is 0.134 e. The van der Waals surface area contributed by atoms with Crippen LogP contribution >= 0.6 is 0 Å². The van der Waals surface area contributed by atoms with Crippen LogP contribution in [0, 0.1) is 25.2 Å². The zero-order valence-corrected chi connectivity index (χ0v) is 9.73. The molecule has 0 spiro atoms. The SMILES string of the molecule is Cc1cc(COc2cc(C#N)ccc2C)no1. The lowest BCUT2D eigenvalue weighted by Crippen LogP contribution is -1.97. The first kappa shape index (κ1) is 11.2. The van der Waals surface area contributed by atoms with Crippen LogP contribution in [0.15, 0.2) is 28.8 Å². The predicted molar refractivity (Wildman–Crippen MR) is 61.5 cm³/mol. The van der Waals surface area contributed by atoms with Crippen molar-refractivity contribution in [3.05, 3.63) is 46.8 Å². The highest BCUT2D eigenvalue weighted by Gasteiger charge is 2.04. The third-order valence-electron chi connectivity index (χ3n) is 2.37. The molecule has 4 heteroatoms. The number of hydrogen-bond donors (Lipinski definition) is 0. The Morgan fingerprint density at radius 3 is 2.82 bits per heavy atom. The molecule has 0 radical (unpaired) electrons. The molecular formula is C13H12N2O2. The van der Waals surface area contributed by atoms with E-state index < -0.39 is 0 Å². The predicted octanol–water partition coefficient (Wildman–Crippen LogP) is 2.74. The van der Waals surface area contributed by atoms with E-state index in [1.54, 1.807) is 12.1 Å². The Labute approximate surface area is 99.4 Å². The van der Waals surface area contributed by atoms with Crippen molar-refractivity contribution in [3.8, 4) is 11.8 Å².